The van der Waals surface area contributed by atoms with Gasteiger partial charge in [-0.2, -0.15) is 0 Å². The van der Waals surface area contributed by atoms with Gasteiger partial charge in [-0.25, -0.2) is 8.78 Å². The lowest BCUT2D eigenvalue weighted by atomic mass is 10.0. The minimum Gasteiger partial charge on any atom is -0.489 e. The van der Waals surface area contributed by atoms with Crippen LogP contribution in [0.1, 0.15) is 29.9 Å². The van der Waals surface area contributed by atoms with Crippen molar-refractivity contribution in [1.29, 1.82) is 0 Å². The highest BCUT2D eigenvalue weighted by Gasteiger charge is 2.64. The van der Waals surface area contributed by atoms with Crippen molar-refractivity contribution in [2.24, 2.45) is 5.92 Å². The minimum absolute atomic E-state index is 0.0558. The molecule has 2 aliphatic carbocycles. The van der Waals surface area contributed by atoms with E-state index in [2.05, 4.69) is 5.32 Å². The summed E-state index contributed by atoms with van der Waals surface area (Å²) in [6, 6.07) is 10.7. The molecule has 0 radical (unpaired) electrons. The van der Waals surface area contributed by atoms with Crippen LogP contribution in [0.3, 0.4) is 0 Å². The minimum atomic E-state index is -0.383. The normalized spacial score (nSPS) is 27.7. The molecule has 2 aromatic rings. The van der Waals surface area contributed by atoms with Gasteiger partial charge in [0.25, 0.3) is 0 Å². The Labute approximate surface area is 137 Å². The van der Waals surface area contributed by atoms with Crippen molar-refractivity contribution in [3.63, 3.8) is 0 Å². The molecule has 2 aromatic carbocycles. The lowest BCUT2D eigenvalue weighted by Gasteiger charge is -2.19. The molecule has 0 aromatic heterocycles. The zero-order valence-corrected chi connectivity index (χ0v) is 12.8. The molecule has 0 bridgehead atoms. The van der Waals surface area contributed by atoms with E-state index in [1.54, 1.807) is 18.2 Å². The highest BCUT2D eigenvalue weighted by Crippen LogP contribution is 2.59. The zero-order valence-electron chi connectivity index (χ0n) is 12.8. The van der Waals surface area contributed by atoms with Crippen LogP contribution < -0.4 is 10.1 Å². The quantitative estimate of drug-likeness (QED) is 0.940. The van der Waals surface area contributed by atoms with Crippen molar-refractivity contribution < 1.29 is 18.3 Å². The molecular weight excluding hydrogens is 312 g/mol. The topological polar surface area (TPSA) is 38.3 Å². The van der Waals surface area contributed by atoms with Crippen molar-refractivity contribution >= 4 is 5.91 Å². The van der Waals surface area contributed by atoms with E-state index in [0.717, 1.165) is 24.0 Å². The van der Waals surface area contributed by atoms with Gasteiger partial charge in [0.1, 0.15) is 23.5 Å². The third kappa shape index (κ3) is 1.97. The first-order valence-electron chi connectivity index (χ1n) is 8.12. The van der Waals surface area contributed by atoms with Crippen LogP contribution in [-0.2, 0) is 10.3 Å². The number of carbonyl (C=O) groups excluding carboxylic acids is 1. The predicted octanol–water partition coefficient (Wildman–Crippen LogP) is 3.24. The van der Waals surface area contributed by atoms with Gasteiger partial charge in [-0.1, -0.05) is 12.1 Å². The number of fused-ring (bicyclic) bond motifs is 3. The molecule has 3 atom stereocenters. The summed E-state index contributed by atoms with van der Waals surface area (Å²) in [7, 11) is 0. The van der Waals surface area contributed by atoms with Crippen molar-refractivity contribution in [2.45, 2.75) is 30.4 Å². The van der Waals surface area contributed by atoms with E-state index >= 15 is 0 Å². The second-order valence-electron chi connectivity index (χ2n) is 6.89. The van der Waals surface area contributed by atoms with E-state index in [9.17, 15) is 13.6 Å². The fraction of sp³-hybridized carbons (Fsp3) is 0.316. The summed E-state index contributed by atoms with van der Waals surface area (Å²) in [4.78, 5) is 12.7. The summed E-state index contributed by atoms with van der Waals surface area (Å²) in [6.45, 7) is 0. The van der Waals surface area contributed by atoms with E-state index in [1.807, 2.05) is 0 Å². The second kappa shape index (κ2) is 4.56. The number of amides is 1. The van der Waals surface area contributed by atoms with E-state index in [-0.39, 0.29) is 41.0 Å². The van der Waals surface area contributed by atoms with Gasteiger partial charge in [0.15, 0.2) is 0 Å². The Morgan fingerprint density at radius 3 is 2.50 bits per heavy atom. The summed E-state index contributed by atoms with van der Waals surface area (Å²) in [5.41, 5.74) is 1.33. The SMILES string of the molecule is O=C(NC1(c2ccc(F)cc2)CC1)C1C2Oc3ccc(F)cc3C21. The summed E-state index contributed by atoms with van der Waals surface area (Å²) in [5, 5.41) is 3.10. The molecule has 3 aliphatic rings. The largest absolute Gasteiger partial charge is 0.489 e. The maximum Gasteiger partial charge on any atom is 0.228 e. The van der Waals surface area contributed by atoms with Crippen LogP contribution >= 0.6 is 0 Å². The first kappa shape index (κ1) is 14.0. The first-order valence-corrected chi connectivity index (χ1v) is 8.12. The standard InChI is InChI=1S/C19H15F2NO2/c20-11-3-1-10(2-4-11)19(7-8-19)22-18(23)16-15-13-9-12(21)5-6-14(13)24-17(15)16/h1-6,9,15-17H,7-8H2,(H,22,23). The van der Waals surface area contributed by atoms with Gasteiger partial charge >= 0.3 is 0 Å². The Morgan fingerprint density at radius 1 is 1.08 bits per heavy atom. The van der Waals surface area contributed by atoms with Crippen LogP contribution in [0.4, 0.5) is 8.78 Å². The van der Waals surface area contributed by atoms with Crippen LogP contribution in [0.25, 0.3) is 0 Å². The van der Waals surface area contributed by atoms with Crippen molar-refractivity contribution in [3.05, 3.63) is 65.2 Å². The molecule has 3 unspecified atom stereocenters. The summed E-state index contributed by atoms with van der Waals surface area (Å²) < 4.78 is 32.3. The Kier molecular flexibility index (Phi) is 2.65. The molecule has 1 heterocycles. The van der Waals surface area contributed by atoms with Gasteiger partial charge in [-0.05, 0) is 48.7 Å². The molecule has 122 valence electrons. The maximum absolute atomic E-state index is 13.4. The van der Waals surface area contributed by atoms with E-state index in [0.29, 0.717) is 5.75 Å². The van der Waals surface area contributed by atoms with Crippen molar-refractivity contribution in [3.8, 4) is 5.75 Å². The molecule has 0 spiro atoms. The molecule has 5 heteroatoms. The van der Waals surface area contributed by atoms with Crippen molar-refractivity contribution in [2.75, 3.05) is 0 Å². The van der Waals surface area contributed by atoms with Crippen LogP contribution in [0.5, 0.6) is 5.75 Å². The smallest absolute Gasteiger partial charge is 0.228 e. The molecule has 1 aliphatic heterocycles. The second-order valence-corrected chi connectivity index (χ2v) is 6.89. The number of benzene rings is 2. The van der Waals surface area contributed by atoms with Gasteiger partial charge in [0.2, 0.25) is 5.91 Å². The molecule has 1 amide bonds. The monoisotopic (exact) mass is 327 g/mol. The van der Waals surface area contributed by atoms with Gasteiger partial charge in [-0.3, -0.25) is 4.79 Å². The zero-order chi connectivity index (χ0) is 16.5. The Hall–Kier alpha value is -2.43. The Morgan fingerprint density at radius 2 is 1.79 bits per heavy atom. The van der Waals surface area contributed by atoms with Gasteiger partial charge in [0, 0.05) is 11.5 Å². The molecule has 5 rings (SSSR count). The molecule has 24 heavy (non-hydrogen) atoms. The number of halogens is 2. The molecular formula is C19H15F2NO2. The lowest BCUT2D eigenvalue weighted by molar-refractivity contribution is -0.124. The van der Waals surface area contributed by atoms with Crippen LogP contribution in [0.15, 0.2) is 42.5 Å². The highest BCUT2D eigenvalue weighted by molar-refractivity contribution is 5.86. The van der Waals surface area contributed by atoms with E-state index < -0.39 is 0 Å². The van der Waals surface area contributed by atoms with Crippen LogP contribution in [0.2, 0.25) is 0 Å². The number of ether oxygens (including phenoxy) is 1. The van der Waals surface area contributed by atoms with Gasteiger partial charge in [-0.15, -0.1) is 0 Å². The number of hydrogen-bond donors (Lipinski definition) is 1. The number of nitrogens with one attached hydrogen (secondary N) is 1. The third-order valence-electron chi connectivity index (χ3n) is 5.36. The molecule has 0 saturated heterocycles. The molecule has 2 fully saturated rings. The summed E-state index contributed by atoms with van der Waals surface area (Å²) in [6.07, 6.45) is 1.50. The predicted molar refractivity (Wildman–Crippen MR) is 82.5 cm³/mol. The molecule has 1 N–H and O–H groups in total. The summed E-state index contributed by atoms with van der Waals surface area (Å²) in [5.74, 6) is -0.313. The number of hydrogen-bond acceptors (Lipinski definition) is 2. The van der Waals surface area contributed by atoms with E-state index in [4.69, 9.17) is 4.74 Å². The maximum atomic E-state index is 13.4. The van der Waals surface area contributed by atoms with Crippen LogP contribution in [-0.4, -0.2) is 12.0 Å². The highest BCUT2D eigenvalue weighted by atomic mass is 19.1. The lowest BCUT2D eigenvalue weighted by Crippen LogP contribution is -2.37. The van der Waals surface area contributed by atoms with Crippen LogP contribution in [0, 0.1) is 17.6 Å². The Balaban J connectivity index is 1.34. The van der Waals surface area contributed by atoms with Gasteiger partial charge < -0.3 is 10.1 Å². The first-order chi connectivity index (χ1) is 11.6. The average Bonchev–Trinajstić information content (AvgIpc) is 3.45. The Bertz CT molecular complexity index is 845. The fourth-order valence-corrected chi connectivity index (χ4v) is 3.85. The number of rotatable bonds is 3. The summed E-state index contributed by atoms with van der Waals surface area (Å²) >= 11 is 0. The third-order valence-corrected chi connectivity index (χ3v) is 5.36. The van der Waals surface area contributed by atoms with Crippen molar-refractivity contribution in [1.82, 2.24) is 5.32 Å². The molecule has 3 nitrogen and oxygen atoms in total. The average molecular weight is 327 g/mol. The van der Waals surface area contributed by atoms with Gasteiger partial charge in [0.05, 0.1) is 11.5 Å². The fourth-order valence-electron chi connectivity index (χ4n) is 3.85. The number of carbonyl (C=O) groups is 1. The molecule has 2 saturated carbocycles. The van der Waals surface area contributed by atoms with E-state index in [1.165, 1.54) is 24.3 Å².